The average Bonchev–Trinajstić information content (AvgIpc) is 2.42. The summed E-state index contributed by atoms with van der Waals surface area (Å²) in [6.45, 7) is 4.85. The Bertz CT molecular complexity index is 635. The first kappa shape index (κ1) is 16.0. The van der Waals surface area contributed by atoms with Crippen LogP contribution in [0.15, 0.2) is 42.5 Å². The summed E-state index contributed by atoms with van der Waals surface area (Å²) in [5.74, 6) is 0.329. The van der Waals surface area contributed by atoms with Gasteiger partial charge in [0.25, 0.3) is 0 Å². The van der Waals surface area contributed by atoms with Crippen molar-refractivity contribution in [1.82, 2.24) is 5.32 Å². The summed E-state index contributed by atoms with van der Waals surface area (Å²) >= 11 is 0. The quantitative estimate of drug-likeness (QED) is 0.832. The van der Waals surface area contributed by atoms with Crippen molar-refractivity contribution in [1.29, 1.82) is 0 Å². The van der Waals surface area contributed by atoms with Crippen LogP contribution in [0.4, 0.5) is 4.39 Å². The fourth-order valence-corrected chi connectivity index (χ4v) is 2.27. The van der Waals surface area contributed by atoms with Crippen LogP contribution in [0.1, 0.15) is 16.7 Å². The van der Waals surface area contributed by atoms with E-state index in [1.54, 1.807) is 12.1 Å². The lowest BCUT2D eigenvalue weighted by atomic mass is 10.1. The van der Waals surface area contributed by atoms with E-state index in [-0.39, 0.29) is 18.1 Å². The third kappa shape index (κ3) is 5.20. The number of ether oxygens (including phenoxy) is 1. The molecule has 0 radical (unpaired) electrons. The van der Waals surface area contributed by atoms with Gasteiger partial charge in [0.15, 0.2) is 0 Å². The summed E-state index contributed by atoms with van der Waals surface area (Å²) < 4.78 is 18.6. The van der Waals surface area contributed by atoms with E-state index >= 15 is 0 Å². The molecule has 116 valence electrons. The van der Waals surface area contributed by atoms with Gasteiger partial charge in [-0.3, -0.25) is 4.79 Å². The van der Waals surface area contributed by atoms with E-state index in [1.807, 2.05) is 26.0 Å². The number of benzene rings is 2. The first-order valence-electron chi connectivity index (χ1n) is 7.25. The van der Waals surface area contributed by atoms with E-state index in [0.29, 0.717) is 18.7 Å². The second-order valence-electron chi connectivity index (χ2n) is 5.33. The summed E-state index contributed by atoms with van der Waals surface area (Å²) in [6.07, 6.45) is 0.168. The van der Waals surface area contributed by atoms with Crippen LogP contribution in [-0.4, -0.2) is 19.1 Å². The van der Waals surface area contributed by atoms with Crippen LogP contribution in [0.5, 0.6) is 5.75 Å². The van der Waals surface area contributed by atoms with Crippen LogP contribution < -0.4 is 10.1 Å². The lowest BCUT2D eigenvalue weighted by Gasteiger charge is -2.09. The van der Waals surface area contributed by atoms with Gasteiger partial charge in [-0.25, -0.2) is 4.39 Å². The summed E-state index contributed by atoms with van der Waals surface area (Å²) in [6, 6.07) is 12.1. The fraction of sp³-hybridized carbons (Fsp3) is 0.278. The molecule has 2 aromatic rings. The van der Waals surface area contributed by atoms with Gasteiger partial charge in [0, 0.05) is 0 Å². The van der Waals surface area contributed by atoms with Gasteiger partial charge >= 0.3 is 0 Å². The minimum absolute atomic E-state index is 0.144. The Labute approximate surface area is 130 Å². The van der Waals surface area contributed by atoms with Gasteiger partial charge in [-0.15, -0.1) is 0 Å². The number of nitrogens with one attached hydrogen (secondary N) is 1. The molecule has 0 aliphatic rings. The Balaban J connectivity index is 1.73. The number of hydrogen-bond donors (Lipinski definition) is 1. The van der Waals surface area contributed by atoms with E-state index in [4.69, 9.17) is 4.74 Å². The van der Waals surface area contributed by atoms with Crippen LogP contribution >= 0.6 is 0 Å². The molecule has 4 heteroatoms. The molecule has 0 heterocycles. The highest BCUT2D eigenvalue weighted by Crippen LogP contribution is 2.15. The Morgan fingerprint density at radius 1 is 1.14 bits per heavy atom. The van der Waals surface area contributed by atoms with Gasteiger partial charge < -0.3 is 10.1 Å². The van der Waals surface area contributed by atoms with Gasteiger partial charge in [-0.2, -0.15) is 0 Å². The summed E-state index contributed by atoms with van der Waals surface area (Å²) in [5.41, 5.74) is 2.95. The van der Waals surface area contributed by atoms with Crippen LogP contribution in [0, 0.1) is 19.7 Å². The Kier molecular flexibility index (Phi) is 5.53. The second-order valence-corrected chi connectivity index (χ2v) is 5.33. The topological polar surface area (TPSA) is 38.3 Å². The molecular weight excluding hydrogens is 281 g/mol. The Hall–Kier alpha value is -2.36. The van der Waals surface area contributed by atoms with Crippen molar-refractivity contribution in [2.45, 2.75) is 20.3 Å². The van der Waals surface area contributed by atoms with Crippen LogP contribution in [0.2, 0.25) is 0 Å². The van der Waals surface area contributed by atoms with Crippen molar-refractivity contribution in [2.24, 2.45) is 0 Å². The number of carbonyl (C=O) groups excluding carboxylic acids is 1. The Morgan fingerprint density at radius 3 is 2.55 bits per heavy atom. The molecule has 1 amide bonds. The van der Waals surface area contributed by atoms with Crippen molar-refractivity contribution in [3.05, 3.63) is 65.0 Å². The smallest absolute Gasteiger partial charge is 0.224 e. The van der Waals surface area contributed by atoms with Crippen molar-refractivity contribution in [3.63, 3.8) is 0 Å². The molecule has 0 atom stereocenters. The van der Waals surface area contributed by atoms with Gasteiger partial charge in [-0.05, 0) is 54.8 Å². The molecule has 0 fully saturated rings. The monoisotopic (exact) mass is 301 g/mol. The highest BCUT2D eigenvalue weighted by molar-refractivity contribution is 5.78. The molecule has 0 saturated carbocycles. The molecule has 3 nitrogen and oxygen atoms in total. The van der Waals surface area contributed by atoms with E-state index in [1.165, 1.54) is 12.1 Å². The highest BCUT2D eigenvalue weighted by Gasteiger charge is 2.04. The molecule has 0 saturated heterocycles. The Morgan fingerprint density at radius 2 is 1.86 bits per heavy atom. The third-order valence-electron chi connectivity index (χ3n) is 3.14. The van der Waals surface area contributed by atoms with Gasteiger partial charge in [0.05, 0.1) is 13.0 Å². The molecule has 0 spiro atoms. The van der Waals surface area contributed by atoms with Crippen molar-refractivity contribution in [3.8, 4) is 5.75 Å². The first-order valence-corrected chi connectivity index (χ1v) is 7.25. The summed E-state index contributed by atoms with van der Waals surface area (Å²) in [7, 11) is 0. The predicted molar refractivity (Wildman–Crippen MR) is 84.5 cm³/mol. The standard InChI is InChI=1S/C18H20FNO2/c1-13-8-14(2)10-17(9-13)22-7-6-20-18(21)12-15-4-3-5-16(19)11-15/h3-5,8-11H,6-7,12H2,1-2H3,(H,20,21). The van der Waals surface area contributed by atoms with Crippen LogP contribution in [-0.2, 0) is 11.2 Å². The zero-order valence-corrected chi connectivity index (χ0v) is 12.9. The maximum absolute atomic E-state index is 13.0. The van der Waals surface area contributed by atoms with E-state index in [0.717, 1.165) is 16.9 Å². The number of amides is 1. The van der Waals surface area contributed by atoms with Gasteiger partial charge in [0.1, 0.15) is 18.2 Å². The second kappa shape index (κ2) is 7.59. The minimum Gasteiger partial charge on any atom is -0.492 e. The number of aryl methyl sites for hydroxylation is 2. The molecule has 0 aliphatic carbocycles. The van der Waals surface area contributed by atoms with Crippen LogP contribution in [0.25, 0.3) is 0 Å². The molecule has 0 aromatic heterocycles. The van der Waals surface area contributed by atoms with Gasteiger partial charge in [-0.1, -0.05) is 18.2 Å². The normalized spacial score (nSPS) is 10.3. The molecule has 2 rings (SSSR count). The predicted octanol–water partition coefficient (Wildman–Crippen LogP) is 3.18. The number of hydrogen-bond acceptors (Lipinski definition) is 2. The lowest BCUT2D eigenvalue weighted by molar-refractivity contribution is -0.120. The zero-order chi connectivity index (χ0) is 15.9. The largest absolute Gasteiger partial charge is 0.492 e. The maximum atomic E-state index is 13.0. The third-order valence-corrected chi connectivity index (χ3v) is 3.14. The van der Waals surface area contributed by atoms with Crippen molar-refractivity contribution < 1.29 is 13.9 Å². The van der Waals surface area contributed by atoms with Crippen LogP contribution in [0.3, 0.4) is 0 Å². The fourth-order valence-electron chi connectivity index (χ4n) is 2.27. The van der Waals surface area contributed by atoms with E-state index in [9.17, 15) is 9.18 Å². The lowest BCUT2D eigenvalue weighted by Crippen LogP contribution is -2.29. The molecule has 0 bridgehead atoms. The molecule has 1 N–H and O–H groups in total. The number of rotatable bonds is 6. The summed E-state index contributed by atoms with van der Waals surface area (Å²) in [5, 5.41) is 2.76. The van der Waals surface area contributed by atoms with Crippen molar-refractivity contribution in [2.75, 3.05) is 13.2 Å². The maximum Gasteiger partial charge on any atom is 0.224 e. The minimum atomic E-state index is -0.330. The van der Waals surface area contributed by atoms with Crippen molar-refractivity contribution >= 4 is 5.91 Å². The molecule has 0 unspecified atom stereocenters. The molecule has 2 aromatic carbocycles. The average molecular weight is 301 g/mol. The number of halogens is 1. The van der Waals surface area contributed by atoms with E-state index < -0.39 is 0 Å². The van der Waals surface area contributed by atoms with Gasteiger partial charge in [0.2, 0.25) is 5.91 Å². The summed E-state index contributed by atoms with van der Waals surface area (Å²) in [4.78, 5) is 11.8. The van der Waals surface area contributed by atoms with E-state index in [2.05, 4.69) is 11.4 Å². The first-order chi connectivity index (χ1) is 10.5. The molecule has 0 aliphatic heterocycles. The molecular formula is C18H20FNO2. The molecule has 22 heavy (non-hydrogen) atoms. The zero-order valence-electron chi connectivity index (χ0n) is 12.9. The number of carbonyl (C=O) groups is 1. The SMILES string of the molecule is Cc1cc(C)cc(OCCNC(=O)Cc2cccc(F)c2)c1. The highest BCUT2D eigenvalue weighted by atomic mass is 19.1.